The lowest BCUT2D eigenvalue weighted by molar-refractivity contribution is 0.414. The lowest BCUT2D eigenvalue weighted by Gasteiger charge is -2.18. The first-order valence-corrected chi connectivity index (χ1v) is 6.67. The Kier molecular flexibility index (Phi) is 4.70. The first-order valence-electron chi connectivity index (χ1n) is 5.92. The summed E-state index contributed by atoms with van der Waals surface area (Å²) < 4.78 is 5.16. The molecular weight excluding hydrogens is 281 g/mol. The molecule has 0 saturated heterocycles. The third-order valence-corrected chi connectivity index (χ3v) is 3.51. The fraction of sp³-hybridized carbons (Fsp3) is 0.200. The second-order valence-corrected chi connectivity index (χ2v) is 5.01. The van der Waals surface area contributed by atoms with Crippen LogP contribution in [0, 0.1) is 0 Å². The fourth-order valence-corrected chi connectivity index (χ4v) is 2.54. The molecule has 19 heavy (non-hydrogen) atoms. The van der Waals surface area contributed by atoms with Crippen LogP contribution in [0.3, 0.4) is 0 Å². The summed E-state index contributed by atoms with van der Waals surface area (Å²) in [7, 11) is 3.51. The number of halogens is 2. The summed E-state index contributed by atoms with van der Waals surface area (Å²) in [6.07, 6.45) is 0. The average molecular weight is 296 g/mol. The highest BCUT2D eigenvalue weighted by Gasteiger charge is 2.14. The molecule has 2 aromatic carbocycles. The van der Waals surface area contributed by atoms with Crippen LogP contribution in [-0.4, -0.2) is 14.2 Å². The van der Waals surface area contributed by atoms with E-state index in [0.717, 1.165) is 16.1 Å². The average Bonchev–Trinajstić information content (AvgIpc) is 2.40. The summed E-state index contributed by atoms with van der Waals surface area (Å²) in [5, 5.41) is 4.59. The summed E-state index contributed by atoms with van der Waals surface area (Å²) in [5.41, 5.74) is 2.16. The Morgan fingerprint density at radius 1 is 1.05 bits per heavy atom. The smallest absolute Gasteiger partial charge is 0.137 e. The largest absolute Gasteiger partial charge is 0.495 e. The lowest BCUT2D eigenvalue weighted by Crippen LogP contribution is -2.17. The molecule has 100 valence electrons. The Balaban J connectivity index is 2.39. The highest BCUT2D eigenvalue weighted by molar-refractivity contribution is 6.32. The SMILES string of the molecule is CNC(c1cccc(Cl)c1)c1ccc(OC)c(Cl)c1. The predicted molar refractivity (Wildman–Crippen MR) is 80.4 cm³/mol. The molecule has 1 atom stereocenters. The maximum Gasteiger partial charge on any atom is 0.137 e. The Labute approximate surface area is 123 Å². The number of ether oxygens (including phenoxy) is 1. The molecule has 1 N–H and O–H groups in total. The van der Waals surface area contributed by atoms with Gasteiger partial charge in [0.1, 0.15) is 5.75 Å². The summed E-state index contributed by atoms with van der Waals surface area (Å²) in [4.78, 5) is 0. The Bertz CT molecular complexity index is 572. The van der Waals surface area contributed by atoms with Gasteiger partial charge in [-0.3, -0.25) is 0 Å². The molecule has 1 unspecified atom stereocenters. The molecule has 0 aliphatic heterocycles. The van der Waals surface area contributed by atoms with Crippen molar-refractivity contribution in [2.75, 3.05) is 14.2 Å². The molecule has 2 nitrogen and oxygen atoms in total. The first kappa shape index (κ1) is 14.2. The Morgan fingerprint density at radius 2 is 1.79 bits per heavy atom. The van der Waals surface area contributed by atoms with Gasteiger partial charge in [-0.15, -0.1) is 0 Å². The van der Waals surface area contributed by atoms with E-state index in [2.05, 4.69) is 5.32 Å². The summed E-state index contributed by atoms with van der Waals surface area (Å²) in [6, 6.07) is 13.6. The molecule has 0 radical (unpaired) electrons. The zero-order chi connectivity index (χ0) is 13.8. The van der Waals surface area contributed by atoms with E-state index in [9.17, 15) is 0 Å². The minimum absolute atomic E-state index is 0.0436. The highest BCUT2D eigenvalue weighted by atomic mass is 35.5. The van der Waals surface area contributed by atoms with Crippen molar-refractivity contribution in [1.82, 2.24) is 5.32 Å². The standard InChI is InChI=1S/C15H15Cl2NO/c1-18-15(10-4-3-5-12(16)8-10)11-6-7-14(19-2)13(17)9-11/h3-9,15,18H,1-2H3. The van der Waals surface area contributed by atoms with E-state index in [1.54, 1.807) is 7.11 Å². The number of hydrogen-bond acceptors (Lipinski definition) is 2. The van der Waals surface area contributed by atoms with Crippen LogP contribution in [0.15, 0.2) is 42.5 Å². The van der Waals surface area contributed by atoms with Crippen LogP contribution in [0.25, 0.3) is 0 Å². The maximum absolute atomic E-state index is 6.17. The Morgan fingerprint density at radius 3 is 2.37 bits per heavy atom. The van der Waals surface area contributed by atoms with Crippen LogP contribution >= 0.6 is 23.2 Å². The van der Waals surface area contributed by atoms with Crippen LogP contribution in [0.1, 0.15) is 17.2 Å². The molecular formula is C15H15Cl2NO. The number of benzene rings is 2. The van der Waals surface area contributed by atoms with E-state index < -0.39 is 0 Å². The van der Waals surface area contributed by atoms with Gasteiger partial charge in [0.25, 0.3) is 0 Å². The van der Waals surface area contributed by atoms with Gasteiger partial charge in [-0.1, -0.05) is 41.4 Å². The maximum atomic E-state index is 6.17. The molecule has 0 saturated carbocycles. The minimum Gasteiger partial charge on any atom is -0.495 e. The van der Waals surface area contributed by atoms with E-state index in [1.807, 2.05) is 49.5 Å². The van der Waals surface area contributed by atoms with Crippen molar-refractivity contribution < 1.29 is 4.74 Å². The zero-order valence-corrected chi connectivity index (χ0v) is 12.3. The fourth-order valence-electron chi connectivity index (χ4n) is 2.07. The number of rotatable bonds is 4. The monoisotopic (exact) mass is 295 g/mol. The molecule has 0 fully saturated rings. The van der Waals surface area contributed by atoms with Crippen LogP contribution in [0.5, 0.6) is 5.75 Å². The van der Waals surface area contributed by atoms with Crippen molar-refractivity contribution in [1.29, 1.82) is 0 Å². The second kappa shape index (κ2) is 6.29. The molecule has 0 bridgehead atoms. The van der Waals surface area contributed by atoms with Crippen molar-refractivity contribution >= 4 is 23.2 Å². The van der Waals surface area contributed by atoms with E-state index in [0.29, 0.717) is 10.8 Å². The lowest BCUT2D eigenvalue weighted by atomic mass is 9.99. The summed E-state index contributed by atoms with van der Waals surface area (Å²) in [5.74, 6) is 0.673. The van der Waals surface area contributed by atoms with Gasteiger partial charge >= 0.3 is 0 Å². The van der Waals surface area contributed by atoms with Gasteiger partial charge in [0.15, 0.2) is 0 Å². The van der Waals surface area contributed by atoms with Gasteiger partial charge in [0.2, 0.25) is 0 Å². The van der Waals surface area contributed by atoms with Gasteiger partial charge in [-0.05, 0) is 42.4 Å². The first-order chi connectivity index (χ1) is 9.15. The summed E-state index contributed by atoms with van der Waals surface area (Å²) >= 11 is 12.2. The van der Waals surface area contributed by atoms with E-state index in [1.165, 1.54) is 0 Å². The van der Waals surface area contributed by atoms with Crippen LogP contribution < -0.4 is 10.1 Å². The molecule has 0 spiro atoms. The quantitative estimate of drug-likeness (QED) is 0.907. The third-order valence-electron chi connectivity index (χ3n) is 2.98. The van der Waals surface area contributed by atoms with Gasteiger partial charge in [-0.25, -0.2) is 0 Å². The second-order valence-electron chi connectivity index (χ2n) is 4.17. The van der Waals surface area contributed by atoms with Gasteiger partial charge in [0, 0.05) is 5.02 Å². The van der Waals surface area contributed by atoms with Crippen molar-refractivity contribution in [2.45, 2.75) is 6.04 Å². The summed E-state index contributed by atoms with van der Waals surface area (Å²) in [6.45, 7) is 0. The van der Waals surface area contributed by atoms with E-state index in [-0.39, 0.29) is 6.04 Å². The van der Waals surface area contributed by atoms with Crippen LogP contribution in [-0.2, 0) is 0 Å². The molecule has 4 heteroatoms. The molecule has 2 rings (SSSR count). The van der Waals surface area contributed by atoms with Crippen LogP contribution in [0.4, 0.5) is 0 Å². The molecule has 2 aromatic rings. The number of hydrogen-bond donors (Lipinski definition) is 1. The zero-order valence-electron chi connectivity index (χ0n) is 10.8. The normalized spacial score (nSPS) is 12.2. The van der Waals surface area contributed by atoms with E-state index >= 15 is 0 Å². The molecule has 0 aliphatic carbocycles. The van der Waals surface area contributed by atoms with Crippen molar-refractivity contribution in [3.05, 3.63) is 63.6 Å². The van der Waals surface area contributed by atoms with Gasteiger partial charge in [0.05, 0.1) is 18.2 Å². The van der Waals surface area contributed by atoms with Crippen molar-refractivity contribution in [2.24, 2.45) is 0 Å². The van der Waals surface area contributed by atoms with Crippen molar-refractivity contribution in [3.63, 3.8) is 0 Å². The van der Waals surface area contributed by atoms with E-state index in [4.69, 9.17) is 27.9 Å². The highest BCUT2D eigenvalue weighted by Crippen LogP contribution is 2.30. The third kappa shape index (κ3) is 3.21. The predicted octanol–water partition coefficient (Wildman–Crippen LogP) is 4.31. The topological polar surface area (TPSA) is 21.3 Å². The van der Waals surface area contributed by atoms with Crippen molar-refractivity contribution in [3.8, 4) is 5.75 Å². The number of methoxy groups -OCH3 is 1. The van der Waals surface area contributed by atoms with Crippen LogP contribution in [0.2, 0.25) is 10.0 Å². The molecule has 0 aliphatic rings. The minimum atomic E-state index is 0.0436. The Hall–Kier alpha value is -1.22. The van der Waals surface area contributed by atoms with Gasteiger partial charge in [-0.2, -0.15) is 0 Å². The van der Waals surface area contributed by atoms with Gasteiger partial charge < -0.3 is 10.1 Å². The molecule has 0 aromatic heterocycles. The molecule has 0 heterocycles. The number of nitrogens with one attached hydrogen (secondary N) is 1. The molecule has 0 amide bonds.